The van der Waals surface area contributed by atoms with Gasteiger partial charge < -0.3 is 9.88 Å². The van der Waals surface area contributed by atoms with Crippen LogP contribution in [0.1, 0.15) is 39.2 Å². The summed E-state index contributed by atoms with van der Waals surface area (Å²) in [6.07, 6.45) is 4.11. The lowest BCUT2D eigenvalue weighted by Crippen LogP contribution is -2.29. The molecule has 7 nitrogen and oxygen atoms in total. The minimum Gasteiger partial charge on any atom is -0.340 e. The molecule has 1 atom stereocenters. The largest absolute Gasteiger partial charge is 0.340 e. The van der Waals surface area contributed by atoms with Crippen molar-refractivity contribution in [2.24, 2.45) is 13.0 Å². The lowest BCUT2D eigenvalue weighted by Gasteiger charge is -2.17. The maximum Gasteiger partial charge on any atom is 0.223 e. The average Bonchev–Trinajstić information content (AvgIpc) is 3.04. The van der Waals surface area contributed by atoms with Crippen molar-refractivity contribution < 1.29 is 14.4 Å². The molecule has 0 saturated heterocycles. The van der Waals surface area contributed by atoms with Crippen LogP contribution in [0.15, 0.2) is 12.5 Å². The lowest BCUT2D eigenvalue weighted by atomic mass is 9.85. The zero-order chi connectivity index (χ0) is 15.9. The number of nitrogens with one attached hydrogen (secondary N) is 1. The molecule has 22 heavy (non-hydrogen) atoms. The van der Waals surface area contributed by atoms with E-state index < -0.39 is 5.92 Å². The molecule has 8 heteroatoms. The second kappa shape index (κ2) is 5.45. The Hall–Kier alpha value is -2.35. The summed E-state index contributed by atoms with van der Waals surface area (Å²) in [4.78, 5) is 44.8. The number of hydrogen-bond acceptors (Lipinski definition) is 6. The second-order valence-corrected chi connectivity index (χ2v) is 6.22. The van der Waals surface area contributed by atoms with E-state index in [1.165, 1.54) is 13.3 Å². The van der Waals surface area contributed by atoms with E-state index in [9.17, 15) is 14.4 Å². The number of aromatic nitrogens is 3. The number of Topliss-reactive ketones (excluding diaryl/α,β-unsaturated/α-hetero) is 2. The fourth-order valence-corrected chi connectivity index (χ4v) is 3.51. The third kappa shape index (κ3) is 2.57. The quantitative estimate of drug-likeness (QED) is 0.683. The minimum atomic E-state index is -0.715. The highest BCUT2D eigenvalue weighted by atomic mass is 32.1. The molecule has 2 heterocycles. The van der Waals surface area contributed by atoms with E-state index in [-0.39, 0.29) is 17.5 Å². The first-order valence-corrected chi connectivity index (χ1v) is 7.61. The number of hydrogen-bond donors (Lipinski definition) is 1. The number of ketones is 2. The molecule has 1 aliphatic carbocycles. The maximum atomic E-state index is 12.5. The third-order valence-corrected chi connectivity index (χ3v) is 4.49. The summed E-state index contributed by atoms with van der Waals surface area (Å²) in [6, 6.07) is 0. The number of fused-ring (bicyclic) bond motifs is 1. The molecule has 0 spiro atoms. The fraction of sp³-hybridized carbons (Fsp3) is 0.357. The van der Waals surface area contributed by atoms with Crippen LogP contribution in [0.25, 0.3) is 0 Å². The molecule has 0 aromatic carbocycles. The number of imidazole rings is 1. The Kier molecular flexibility index (Phi) is 3.61. The number of anilines is 1. The Bertz CT molecular complexity index is 777. The van der Waals surface area contributed by atoms with Crippen LogP contribution in [0.4, 0.5) is 5.13 Å². The molecule has 0 radical (unpaired) electrons. The summed E-state index contributed by atoms with van der Waals surface area (Å²) >= 11 is 1.12. The molecule has 1 unspecified atom stereocenters. The standard InChI is InChI=1S/C14H14N4O3S/c1-7(19)16-14-17-9-4-3-8(12(21)13(9)22-14)11(20)10-5-18(2)6-15-10/h5-6,8H,3-4H2,1-2H3,(H,16,17,19). The topological polar surface area (TPSA) is 94.0 Å². The fourth-order valence-electron chi connectivity index (χ4n) is 2.46. The van der Waals surface area contributed by atoms with Crippen molar-refractivity contribution in [2.75, 3.05) is 5.32 Å². The lowest BCUT2D eigenvalue weighted by molar-refractivity contribution is -0.114. The molecule has 1 amide bonds. The summed E-state index contributed by atoms with van der Waals surface area (Å²) in [5.41, 5.74) is 0.958. The highest BCUT2D eigenvalue weighted by Gasteiger charge is 2.36. The van der Waals surface area contributed by atoms with Crippen molar-refractivity contribution >= 4 is 33.9 Å². The molecular formula is C14H14N4O3S. The smallest absolute Gasteiger partial charge is 0.223 e. The number of amides is 1. The number of thiazole rings is 1. The van der Waals surface area contributed by atoms with Gasteiger partial charge in [-0.3, -0.25) is 14.4 Å². The molecule has 114 valence electrons. The van der Waals surface area contributed by atoms with Crippen molar-refractivity contribution in [2.45, 2.75) is 19.8 Å². The van der Waals surface area contributed by atoms with Crippen LogP contribution >= 0.6 is 11.3 Å². The Morgan fingerprint density at radius 1 is 1.45 bits per heavy atom. The SMILES string of the molecule is CC(=O)Nc1nc2c(s1)C(=O)C(C(=O)c1cn(C)cn1)CC2. The summed E-state index contributed by atoms with van der Waals surface area (Å²) < 4.78 is 1.67. The summed E-state index contributed by atoms with van der Waals surface area (Å²) in [5.74, 6) is -1.44. The Morgan fingerprint density at radius 2 is 2.23 bits per heavy atom. The van der Waals surface area contributed by atoms with Gasteiger partial charge in [-0.1, -0.05) is 11.3 Å². The van der Waals surface area contributed by atoms with Gasteiger partial charge in [-0.05, 0) is 12.8 Å². The van der Waals surface area contributed by atoms with Crippen molar-refractivity contribution in [1.82, 2.24) is 14.5 Å². The molecule has 0 fully saturated rings. The molecule has 0 bridgehead atoms. The monoisotopic (exact) mass is 318 g/mol. The van der Waals surface area contributed by atoms with Crippen LogP contribution in [-0.2, 0) is 18.3 Å². The van der Waals surface area contributed by atoms with E-state index in [2.05, 4.69) is 15.3 Å². The molecular weight excluding hydrogens is 304 g/mol. The van der Waals surface area contributed by atoms with Crippen molar-refractivity contribution in [3.63, 3.8) is 0 Å². The Labute approximate surface area is 130 Å². The van der Waals surface area contributed by atoms with Crippen LogP contribution in [0.5, 0.6) is 0 Å². The van der Waals surface area contributed by atoms with Crippen LogP contribution < -0.4 is 5.32 Å². The maximum absolute atomic E-state index is 12.5. The van der Waals surface area contributed by atoms with E-state index >= 15 is 0 Å². The second-order valence-electron chi connectivity index (χ2n) is 5.22. The first-order valence-electron chi connectivity index (χ1n) is 6.79. The predicted octanol–water partition coefficient (Wildman–Crippen LogP) is 1.46. The number of nitrogens with zero attached hydrogens (tertiary/aromatic N) is 3. The number of rotatable bonds is 3. The van der Waals surface area contributed by atoms with Gasteiger partial charge in [0.05, 0.1) is 22.8 Å². The van der Waals surface area contributed by atoms with E-state index in [0.717, 1.165) is 11.3 Å². The Morgan fingerprint density at radius 3 is 2.86 bits per heavy atom. The molecule has 3 rings (SSSR count). The van der Waals surface area contributed by atoms with Gasteiger partial charge in [0.2, 0.25) is 5.91 Å². The van der Waals surface area contributed by atoms with Gasteiger partial charge in [-0.25, -0.2) is 9.97 Å². The molecule has 2 aromatic rings. The molecule has 0 saturated carbocycles. The summed E-state index contributed by atoms with van der Waals surface area (Å²) in [6.45, 7) is 1.38. The first kappa shape index (κ1) is 14.6. The average molecular weight is 318 g/mol. The number of aryl methyl sites for hydroxylation is 2. The van der Waals surface area contributed by atoms with Gasteiger partial charge in [0.25, 0.3) is 0 Å². The molecule has 1 aliphatic rings. The van der Waals surface area contributed by atoms with E-state index in [4.69, 9.17) is 0 Å². The van der Waals surface area contributed by atoms with E-state index in [1.54, 1.807) is 17.8 Å². The highest BCUT2D eigenvalue weighted by molar-refractivity contribution is 7.17. The van der Waals surface area contributed by atoms with Gasteiger partial charge in [0.15, 0.2) is 16.7 Å². The van der Waals surface area contributed by atoms with E-state index in [1.807, 2.05) is 0 Å². The normalized spacial score (nSPS) is 17.2. The molecule has 1 N–H and O–H groups in total. The number of carbonyl (C=O) groups is 3. The van der Waals surface area contributed by atoms with Crippen LogP contribution in [0.3, 0.4) is 0 Å². The van der Waals surface area contributed by atoms with Crippen LogP contribution in [0.2, 0.25) is 0 Å². The molecule has 2 aromatic heterocycles. The summed E-state index contributed by atoms with van der Waals surface area (Å²) in [7, 11) is 1.77. The van der Waals surface area contributed by atoms with Gasteiger partial charge in [0.1, 0.15) is 5.69 Å². The number of carbonyl (C=O) groups excluding carboxylic acids is 3. The zero-order valence-electron chi connectivity index (χ0n) is 12.1. The minimum absolute atomic E-state index is 0.231. The third-order valence-electron chi connectivity index (χ3n) is 3.46. The predicted molar refractivity (Wildman–Crippen MR) is 80.1 cm³/mol. The van der Waals surface area contributed by atoms with Gasteiger partial charge in [-0.15, -0.1) is 0 Å². The van der Waals surface area contributed by atoms with Gasteiger partial charge >= 0.3 is 0 Å². The van der Waals surface area contributed by atoms with Crippen LogP contribution in [0, 0.1) is 5.92 Å². The zero-order valence-corrected chi connectivity index (χ0v) is 12.9. The van der Waals surface area contributed by atoms with Crippen molar-refractivity contribution in [1.29, 1.82) is 0 Å². The highest BCUT2D eigenvalue weighted by Crippen LogP contribution is 2.33. The van der Waals surface area contributed by atoms with Crippen molar-refractivity contribution in [3.8, 4) is 0 Å². The molecule has 0 aliphatic heterocycles. The first-order chi connectivity index (χ1) is 10.5. The van der Waals surface area contributed by atoms with Crippen molar-refractivity contribution in [3.05, 3.63) is 28.8 Å². The van der Waals surface area contributed by atoms with Crippen LogP contribution in [-0.4, -0.2) is 32.0 Å². The van der Waals surface area contributed by atoms with Gasteiger partial charge in [-0.2, -0.15) is 0 Å². The van der Waals surface area contributed by atoms with E-state index in [0.29, 0.717) is 34.2 Å². The Balaban J connectivity index is 1.86. The van der Waals surface area contributed by atoms with Gasteiger partial charge in [0, 0.05) is 20.2 Å². The summed E-state index contributed by atoms with van der Waals surface area (Å²) in [5, 5.41) is 2.98.